The molecule has 1 fully saturated rings. The average Bonchev–Trinajstić information content (AvgIpc) is 3.76. The molecule has 0 radical (unpaired) electrons. The van der Waals surface area contributed by atoms with Gasteiger partial charge in [-0.25, -0.2) is 8.78 Å². The van der Waals surface area contributed by atoms with E-state index in [2.05, 4.69) is 0 Å². The molecule has 0 saturated heterocycles. The molecule has 0 bridgehead atoms. The molecular weight excluding hydrogens is 486 g/mol. The van der Waals surface area contributed by atoms with Gasteiger partial charge in [0.1, 0.15) is 30.1 Å². The monoisotopic (exact) mass is 522 g/mol. The maximum Gasteiger partial charge on any atom is 0.303 e. The van der Waals surface area contributed by atoms with Gasteiger partial charge in [-0.2, -0.15) is 0 Å². The van der Waals surface area contributed by atoms with Crippen molar-refractivity contribution >= 4 is 5.97 Å². The third-order valence-electron chi connectivity index (χ3n) is 7.73. The van der Waals surface area contributed by atoms with E-state index < -0.39 is 23.4 Å². The van der Waals surface area contributed by atoms with Crippen molar-refractivity contribution < 1.29 is 28.2 Å². The summed E-state index contributed by atoms with van der Waals surface area (Å²) in [6, 6.07) is 17.4. The second-order valence-electron chi connectivity index (χ2n) is 10.9. The van der Waals surface area contributed by atoms with E-state index >= 15 is 4.39 Å². The van der Waals surface area contributed by atoms with Crippen LogP contribution in [0.4, 0.5) is 8.78 Å². The topological polar surface area (TPSA) is 55.8 Å². The Balaban J connectivity index is 1.63. The second-order valence-corrected chi connectivity index (χ2v) is 10.9. The molecule has 2 atom stereocenters. The summed E-state index contributed by atoms with van der Waals surface area (Å²) in [6.45, 7) is 5.90. The van der Waals surface area contributed by atoms with E-state index in [4.69, 9.17) is 9.47 Å². The van der Waals surface area contributed by atoms with Gasteiger partial charge in [0.25, 0.3) is 0 Å². The number of carboxylic acids is 1. The van der Waals surface area contributed by atoms with Crippen molar-refractivity contribution in [2.75, 3.05) is 7.11 Å². The van der Waals surface area contributed by atoms with Crippen molar-refractivity contribution in [3.05, 3.63) is 83.2 Å². The molecule has 0 aliphatic heterocycles. The SMILES string of the molecule is CCC(C)(C)C(F)c1cc(OCc2cccc(C(CC(=O)O)C3CC3)c2)ccc1-c1cc(OC)ccc1F. The molecule has 3 aromatic rings. The summed E-state index contributed by atoms with van der Waals surface area (Å²) >= 11 is 0. The molecule has 4 nitrogen and oxygen atoms in total. The van der Waals surface area contributed by atoms with Crippen LogP contribution in [0.25, 0.3) is 11.1 Å². The Morgan fingerprint density at radius 3 is 2.45 bits per heavy atom. The van der Waals surface area contributed by atoms with Crippen LogP contribution in [0.3, 0.4) is 0 Å². The van der Waals surface area contributed by atoms with Crippen molar-refractivity contribution in [2.24, 2.45) is 11.3 Å². The molecule has 4 rings (SSSR count). The molecule has 0 spiro atoms. The molecule has 0 heterocycles. The number of ether oxygens (including phenoxy) is 2. The first-order chi connectivity index (χ1) is 18.1. The van der Waals surface area contributed by atoms with Gasteiger partial charge in [-0.15, -0.1) is 0 Å². The summed E-state index contributed by atoms with van der Waals surface area (Å²) in [4.78, 5) is 11.4. The van der Waals surface area contributed by atoms with E-state index in [1.807, 2.05) is 45.0 Å². The number of hydrogen-bond donors (Lipinski definition) is 1. The lowest BCUT2D eigenvalue weighted by molar-refractivity contribution is -0.137. The molecule has 0 amide bonds. The minimum Gasteiger partial charge on any atom is -0.497 e. The molecule has 202 valence electrons. The van der Waals surface area contributed by atoms with E-state index in [-0.39, 0.29) is 24.5 Å². The Hall–Kier alpha value is -3.41. The molecule has 1 saturated carbocycles. The number of alkyl halides is 1. The van der Waals surface area contributed by atoms with Gasteiger partial charge in [0, 0.05) is 5.56 Å². The first-order valence-electron chi connectivity index (χ1n) is 13.2. The van der Waals surface area contributed by atoms with Crippen molar-refractivity contribution in [1.82, 2.24) is 0 Å². The minimum absolute atomic E-state index is 0.000308. The maximum atomic E-state index is 16.0. The van der Waals surface area contributed by atoms with Crippen molar-refractivity contribution in [3.8, 4) is 22.6 Å². The molecule has 3 aromatic carbocycles. The quantitative estimate of drug-likeness (QED) is 0.259. The average molecular weight is 523 g/mol. The van der Waals surface area contributed by atoms with Crippen LogP contribution in [0.1, 0.15) is 75.2 Å². The summed E-state index contributed by atoms with van der Waals surface area (Å²) in [7, 11) is 1.51. The van der Waals surface area contributed by atoms with Crippen molar-refractivity contribution in [2.45, 2.75) is 65.2 Å². The fourth-order valence-electron chi connectivity index (χ4n) is 4.85. The Labute approximate surface area is 223 Å². The van der Waals surface area contributed by atoms with Crippen LogP contribution in [0, 0.1) is 17.2 Å². The highest BCUT2D eigenvalue weighted by Gasteiger charge is 2.34. The van der Waals surface area contributed by atoms with E-state index in [0.29, 0.717) is 35.0 Å². The smallest absolute Gasteiger partial charge is 0.303 e. The molecule has 2 unspecified atom stereocenters. The fourth-order valence-corrected chi connectivity index (χ4v) is 4.85. The van der Waals surface area contributed by atoms with E-state index in [0.717, 1.165) is 24.0 Å². The number of carbonyl (C=O) groups is 1. The number of methoxy groups -OCH3 is 1. The number of aliphatic carboxylic acids is 1. The Morgan fingerprint density at radius 1 is 1.05 bits per heavy atom. The third-order valence-corrected chi connectivity index (χ3v) is 7.73. The molecule has 0 aromatic heterocycles. The lowest BCUT2D eigenvalue weighted by Crippen LogP contribution is -2.18. The Kier molecular flexibility index (Phi) is 8.39. The Morgan fingerprint density at radius 2 is 1.79 bits per heavy atom. The third kappa shape index (κ3) is 6.35. The van der Waals surface area contributed by atoms with Crippen LogP contribution in [0.15, 0.2) is 60.7 Å². The molecule has 1 aliphatic carbocycles. The number of carboxylic acid groups (broad SMARTS) is 1. The number of halogens is 2. The van der Waals surface area contributed by atoms with Crippen LogP contribution in [-0.2, 0) is 11.4 Å². The highest BCUT2D eigenvalue weighted by Crippen LogP contribution is 2.46. The fraction of sp³-hybridized carbons (Fsp3) is 0.406. The molecular formula is C32H36F2O4. The molecule has 6 heteroatoms. The zero-order chi connectivity index (χ0) is 27.4. The highest BCUT2D eigenvalue weighted by molar-refractivity contribution is 5.71. The normalized spacial score (nSPS) is 15.1. The number of rotatable bonds is 12. The molecule has 1 N–H and O–H groups in total. The summed E-state index contributed by atoms with van der Waals surface area (Å²) < 4.78 is 42.2. The van der Waals surface area contributed by atoms with E-state index in [1.165, 1.54) is 19.2 Å². The van der Waals surface area contributed by atoms with Gasteiger partial charge in [0.2, 0.25) is 0 Å². The van der Waals surface area contributed by atoms with Gasteiger partial charge in [0.05, 0.1) is 13.5 Å². The Bertz CT molecular complexity index is 1280. The predicted octanol–water partition coefficient (Wildman–Crippen LogP) is 8.50. The van der Waals surface area contributed by atoms with Gasteiger partial charge in [-0.05, 0) is 89.1 Å². The van der Waals surface area contributed by atoms with Gasteiger partial charge in [-0.3, -0.25) is 4.79 Å². The largest absolute Gasteiger partial charge is 0.497 e. The lowest BCUT2D eigenvalue weighted by Gasteiger charge is -2.29. The standard InChI is InChI=1S/C32H36F2O4/c1-5-32(2,3)31(34)28-17-24(11-13-25(28)27-16-23(37-4)12-14-29(27)33)38-19-20-7-6-8-22(15-20)26(18-30(35)36)21-9-10-21/h6-8,11-17,21,26,31H,5,9-10,18-19H2,1-4H3,(H,35,36). The number of hydrogen-bond acceptors (Lipinski definition) is 3. The minimum atomic E-state index is -1.35. The van der Waals surface area contributed by atoms with Gasteiger partial charge in [0.15, 0.2) is 0 Å². The summed E-state index contributed by atoms with van der Waals surface area (Å²) in [5.74, 6) is 0.143. The van der Waals surface area contributed by atoms with Crippen LogP contribution >= 0.6 is 0 Å². The molecule has 1 aliphatic rings. The zero-order valence-corrected chi connectivity index (χ0v) is 22.5. The van der Waals surface area contributed by atoms with Crippen LogP contribution in [-0.4, -0.2) is 18.2 Å². The van der Waals surface area contributed by atoms with E-state index in [9.17, 15) is 14.3 Å². The first-order valence-corrected chi connectivity index (χ1v) is 13.2. The predicted molar refractivity (Wildman–Crippen MR) is 145 cm³/mol. The molecule has 38 heavy (non-hydrogen) atoms. The zero-order valence-electron chi connectivity index (χ0n) is 22.5. The van der Waals surface area contributed by atoms with Crippen molar-refractivity contribution in [3.63, 3.8) is 0 Å². The maximum absolute atomic E-state index is 16.0. The van der Waals surface area contributed by atoms with Crippen LogP contribution in [0.2, 0.25) is 0 Å². The highest BCUT2D eigenvalue weighted by atomic mass is 19.1. The summed E-state index contributed by atoms with van der Waals surface area (Å²) in [5, 5.41) is 9.35. The van der Waals surface area contributed by atoms with Gasteiger partial charge in [-0.1, -0.05) is 51.1 Å². The van der Waals surface area contributed by atoms with Crippen molar-refractivity contribution in [1.29, 1.82) is 0 Å². The van der Waals surface area contributed by atoms with Gasteiger partial charge >= 0.3 is 5.97 Å². The van der Waals surface area contributed by atoms with Crippen LogP contribution < -0.4 is 9.47 Å². The first kappa shape index (κ1) is 27.6. The van der Waals surface area contributed by atoms with E-state index in [1.54, 1.807) is 24.3 Å². The van der Waals surface area contributed by atoms with Gasteiger partial charge < -0.3 is 14.6 Å². The second kappa shape index (κ2) is 11.5. The summed E-state index contributed by atoms with van der Waals surface area (Å²) in [6.07, 6.45) is 1.48. The lowest BCUT2D eigenvalue weighted by atomic mass is 9.79. The van der Waals surface area contributed by atoms with Crippen LogP contribution in [0.5, 0.6) is 11.5 Å². The summed E-state index contributed by atoms with van der Waals surface area (Å²) in [5.41, 5.74) is 2.36. The number of benzene rings is 3.